The molecule has 2 aromatic heterocycles. The SMILES string of the molecule is Cc1cnccc1CN(CC1CCC1)C(=O)c1cc(C(F)(F)F)[nH]n1. The van der Waals surface area contributed by atoms with Gasteiger partial charge in [-0.15, -0.1) is 0 Å². The number of carbonyl (C=O) groups is 1. The average molecular weight is 352 g/mol. The van der Waals surface area contributed by atoms with Crippen molar-refractivity contribution in [3.8, 4) is 0 Å². The predicted molar refractivity (Wildman–Crippen MR) is 84.6 cm³/mol. The van der Waals surface area contributed by atoms with Crippen molar-refractivity contribution in [1.29, 1.82) is 0 Å². The van der Waals surface area contributed by atoms with Crippen molar-refractivity contribution in [3.63, 3.8) is 0 Å². The minimum atomic E-state index is -4.55. The number of aryl methyl sites for hydroxylation is 1. The zero-order valence-corrected chi connectivity index (χ0v) is 13.8. The van der Waals surface area contributed by atoms with Gasteiger partial charge in [0.1, 0.15) is 5.69 Å². The number of carbonyl (C=O) groups excluding carboxylic acids is 1. The third-order valence-electron chi connectivity index (χ3n) is 4.59. The summed E-state index contributed by atoms with van der Waals surface area (Å²) in [4.78, 5) is 18.4. The van der Waals surface area contributed by atoms with Crippen LogP contribution in [0.1, 0.15) is 46.6 Å². The normalized spacial score (nSPS) is 15.0. The monoisotopic (exact) mass is 352 g/mol. The molecule has 0 atom stereocenters. The third kappa shape index (κ3) is 4.00. The number of hydrogen-bond donors (Lipinski definition) is 1. The van der Waals surface area contributed by atoms with Crippen LogP contribution in [0.25, 0.3) is 0 Å². The third-order valence-corrected chi connectivity index (χ3v) is 4.59. The quantitative estimate of drug-likeness (QED) is 0.895. The number of H-pyrrole nitrogens is 1. The van der Waals surface area contributed by atoms with Crippen molar-refractivity contribution in [3.05, 3.63) is 47.0 Å². The van der Waals surface area contributed by atoms with E-state index < -0.39 is 17.8 Å². The fourth-order valence-corrected chi connectivity index (χ4v) is 2.83. The summed E-state index contributed by atoms with van der Waals surface area (Å²) in [5, 5.41) is 5.48. The van der Waals surface area contributed by atoms with E-state index in [2.05, 4.69) is 10.1 Å². The maximum Gasteiger partial charge on any atom is 0.432 e. The lowest BCUT2D eigenvalue weighted by Gasteiger charge is -2.32. The summed E-state index contributed by atoms with van der Waals surface area (Å²) in [6, 6.07) is 2.59. The fourth-order valence-electron chi connectivity index (χ4n) is 2.83. The average Bonchev–Trinajstić information content (AvgIpc) is 3.01. The van der Waals surface area contributed by atoms with Crippen LogP contribution in [-0.2, 0) is 12.7 Å². The Kier molecular flexibility index (Phi) is 4.78. The highest BCUT2D eigenvalue weighted by molar-refractivity contribution is 5.92. The smallest absolute Gasteiger partial charge is 0.333 e. The summed E-state index contributed by atoms with van der Waals surface area (Å²) >= 11 is 0. The Bertz CT molecular complexity index is 752. The van der Waals surface area contributed by atoms with E-state index >= 15 is 0 Å². The summed E-state index contributed by atoms with van der Waals surface area (Å²) in [7, 11) is 0. The molecule has 5 nitrogen and oxygen atoms in total. The molecule has 1 N–H and O–H groups in total. The Morgan fingerprint density at radius 3 is 2.72 bits per heavy atom. The lowest BCUT2D eigenvalue weighted by atomic mass is 9.85. The maximum atomic E-state index is 12.7. The molecule has 3 rings (SSSR count). The fraction of sp³-hybridized carbons (Fsp3) is 0.471. The standard InChI is InChI=1S/C17H19F3N4O/c1-11-8-21-6-5-13(11)10-24(9-12-3-2-4-12)16(25)14-7-15(23-22-14)17(18,19)20/h5-8,12H,2-4,9-10H2,1H3,(H,22,23). The molecule has 2 aromatic rings. The van der Waals surface area contributed by atoms with Crippen LogP contribution < -0.4 is 0 Å². The summed E-state index contributed by atoms with van der Waals surface area (Å²) in [6.07, 6.45) is 2.00. The Morgan fingerprint density at radius 1 is 1.40 bits per heavy atom. The topological polar surface area (TPSA) is 61.9 Å². The number of aromatic amines is 1. The number of alkyl halides is 3. The van der Waals surface area contributed by atoms with Crippen molar-refractivity contribution >= 4 is 5.91 Å². The van der Waals surface area contributed by atoms with Gasteiger partial charge >= 0.3 is 6.18 Å². The zero-order chi connectivity index (χ0) is 18.0. The Morgan fingerprint density at radius 2 is 2.16 bits per heavy atom. The molecule has 1 aliphatic rings. The summed E-state index contributed by atoms with van der Waals surface area (Å²) < 4.78 is 38.2. The number of rotatable bonds is 5. The molecule has 1 amide bonds. The number of aromatic nitrogens is 3. The van der Waals surface area contributed by atoms with Crippen molar-refractivity contribution in [1.82, 2.24) is 20.1 Å². The number of hydrogen-bond acceptors (Lipinski definition) is 3. The lowest BCUT2D eigenvalue weighted by Crippen LogP contribution is -2.37. The molecule has 8 heteroatoms. The van der Waals surface area contributed by atoms with E-state index in [9.17, 15) is 18.0 Å². The summed E-state index contributed by atoms with van der Waals surface area (Å²) in [6.45, 7) is 2.75. The first kappa shape index (κ1) is 17.4. The Hall–Kier alpha value is -2.38. The van der Waals surface area contributed by atoms with E-state index in [1.165, 1.54) is 0 Å². The first-order valence-corrected chi connectivity index (χ1v) is 8.16. The van der Waals surface area contributed by atoms with Gasteiger partial charge in [-0.25, -0.2) is 0 Å². The van der Waals surface area contributed by atoms with E-state index in [1.54, 1.807) is 17.3 Å². The van der Waals surface area contributed by atoms with Gasteiger partial charge in [-0.2, -0.15) is 18.3 Å². The highest BCUT2D eigenvalue weighted by Gasteiger charge is 2.35. The van der Waals surface area contributed by atoms with Crippen LogP contribution >= 0.6 is 0 Å². The lowest BCUT2D eigenvalue weighted by molar-refractivity contribution is -0.141. The minimum Gasteiger partial charge on any atom is -0.333 e. The zero-order valence-electron chi connectivity index (χ0n) is 13.8. The van der Waals surface area contributed by atoms with Crippen LogP contribution in [0, 0.1) is 12.8 Å². The van der Waals surface area contributed by atoms with Gasteiger partial charge in [0.25, 0.3) is 5.91 Å². The van der Waals surface area contributed by atoms with Gasteiger partial charge in [-0.3, -0.25) is 14.9 Å². The number of nitrogens with one attached hydrogen (secondary N) is 1. The molecule has 1 saturated carbocycles. The highest BCUT2D eigenvalue weighted by atomic mass is 19.4. The summed E-state index contributed by atoms with van der Waals surface area (Å²) in [5.74, 6) is -0.0954. The number of nitrogens with zero attached hydrogens (tertiary/aromatic N) is 3. The first-order valence-electron chi connectivity index (χ1n) is 8.16. The van der Waals surface area contributed by atoms with E-state index in [4.69, 9.17) is 0 Å². The van der Waals surface area contributed by atoms with Crippen LogP contribution in [0.3, 0.4) is 0 Å². The molecule has 25 heavy (non-hydrogen) atoms. The van der Waals surface area contributed by atoms with E-state index in [0.717, 1.165) is 36.5 Å². The minimum absolute atomic E-state index is 0.210. The Labute approximate surface area is 143 Å². The van der Waals surface area contributed by atoms with Crippen LogP contribution in [0.5, 0.6) is 0 Å². The van der Waals surface area contributed by atoms with Crippen LogP contribution in [0.4, 0.5) is 13.2 Å². The second-order valence-corrected chi connectivity index (χ2v) is 6.45. The molecule has 0 aromatic carbocycles. The van der Waals surface area contributed by atoms with Crippen molar-refractivity contribution in [2.24, 2.45) is 5.92 Å². The molecule has 0 radical (unpaired) electrons. The predicted octanol–water partition coefficient (Wildman–Crippen LogP) is 3.57. The van der Waals surface area contributed by atoms with E-state index in [0.29, 0.717) is 19.0 Å². The number of pyridine rings is 1. The molecule has 1 fully saturated rings. The number of amides is 1. The van der Waals surface area contributed by atoms with E-state index in [-0.39, 0.29) is 5.69 Å². The van der Waals surface area contributed by atoms with Gasteiger partial charge in [0.2, 0.25) is 0 Å². The molecule has 0 aliphatic heterocycles. The second kappa shape index (κ2) is 6.85. The van der Waals surface area contributed by atoms with Crippen LogP contribution in [-0.4, -0.2) is 32.5 Å². The molecule has 2 heterocycles. The molecule has 0 saturated heterocycles. The first-order chi connectivity index (χ1) is 11.8. The molecular weight excluding hydrogens is 333 g/mol. The summed E-state index contributed by atoms with van der Waals surface area (Å²) in [5.41, 5.74) is 0.638. The largest absolute Gasteiger partial charge is 0.432 e. The van der Waals surface area contributed by atoms with E-state index in [1.807, 2.05) is 18.1 Å². The highest BCUT2D eigenvalue weighted by Crippen LogP contribution is 2.30. The van der Waals surface area contributed by atoms with Gasteiger partial charge < -0.3 is 4.90 Å². The van der Waals surface area contributed by atoms with Crippen molar-refractivity contribution in [2.45, 2.75) is 38.9 Å². The number of halogens is 3. The molecule has 0 unspecified atom stereocenters. The van der Waals surface area contributed by atoms with Gasteiger partial charge in [0, 0.05) is 31.5 Å². The molecule has 1 aliphatic carbocycles. The Balaban J connectivity index is 1.81. The van der Waals surface area contributed by atoms with Gasteiger partial charge in [-0.05, 0) is 42.9 Å². The van der Waals surface area contributed by atoms with Gasteiger partial charge in [-0.1, -0.05) is 6.42 Å². The van der Waals surface area contributed by atoms with Gasteiger partial charge in [0.15, 0.2) is 5.69 Å². The van der Waals surface area contributed by atoms with Crippen molar-refractivity contribution in [2.75, 3.05) is 6.54 Å². The second-order valence-electron chi connectivity index (χ2n) is 6.45. The molecule has 134 valence electrons. The van der Waals surface area contributed by atoms with Crippen LogP contribution in [0.15, 0.2) is 24.5 Å². The molecule has 0 bridgehead atoms. The maximum absolute atomic E-state index is 12.7. The van der Waals surface area contributed by atoms with Crippen molar-refractivity contribution < 1.29 is 18.0 Å². The molecule has 0 spiro atoms. The van der Waals surface area contributed by atoms with Crippen LogP contribution in [0.2, 0.25) is 0 Å². The van der Waals surface area contributed by atoms with Gasteiger partial charge in [0.05, 0.1) is 0 Å². The molecular formula is C17H19F3N4O.